The molecule has 12 nitrogen and oxygen atoms in total. The smallest absolute Gasteiger partial charge is 0.507 e. The van der Waals surface area contributed by atoms with Crippen molar-refractivity contribution in [3.05, 3.63) is 93.7 Å². The molecule has 61 heavy (non-hydrogen) atoms. The van der Waals surface area contributed by atoms with Crippen LogP contribution in [-0.2, 0) is 33.5 Å². The van der Waals surface area contributed by atoms with Crippen molar-refractivity contribution in [1.82, 2.24) is 15.0 Å². The number of carbonyl (C=O) groups excluding carboxylic acids is 3. The zero-order valence-electron chi connectivity index (χ0n) is 36.7. The summed E-state index contributed by atoms with van der Waals surface area (Å²) in [5.41, 5.74) is -0.365. The Balaban J connectivity index is 1.31. The monoisotopic (exact) mass is 853 g/mol. The normalized spacial score (nSPS) is 23.3. The maximum absolute atomic E-state index is 15.9. The number of nitrogens with zero attached hydrogens (tertiary/aromatic N) is 3. The lowest BCUT2D eigenvalue weighted by atomic mass is 9.57. The number of carbonyl (C=O) groups is 3. The largest absolute Gasteiger partial charge is 0.514 e. The lowest BCUT2D eigenvalue weighted by Crippen LogP contribution is -2.68. The Labute approximate surface area is 357 Å². The third kappa shape index (κ3) is 7.48. The molecular formula is C47H56FN3O9Si. The highest BCUT2D eigenvalue weighted by molar-refractivity contribution is 6.74. The molecule has 8 rings (SSSR count). The molecule has 0 amide bonds. The molecule has 1 saturated heterocycles. The molecule has 3 aliphatic carbocycles. The quantitative estimate of drug-likeness (QED) is 0.0743. The van der Waals surface area contributed by atoms with Gasteiger partial charge in [0.1, 0.15) is 29.7 Å². The van der Waals surface area contributed by atoms with Crippen molar-refractivity contribution >= 4 is 42.6 Å². The Morgan fingerprint density at radius 3 is 2.34 bits per heavy atom. The van der Waals surface area contributed by atoms with E-state index in [0.717, 1.165) is 16.5 Å². The second kappa shape index (κ2) is 15.2. The molecular weight excluding hydrogens is 798 g/mol. The van der Waals surface area contributed by atoms with E-state index in [1.165, 1.54) is 0 Å². The molecule has 0 spiro atoms. The van der Waals surface area contributed by atoms with Crippen LogP contribution < -0.4 is 9.47 Å². The van der Waals surface area contributed by atoms with Gasteiger partial charge in [-0.05, 0) is 105 Å². The molecule has 1 aromatic heterocycles. The summed E-state index contributed by atoms with van der Waals surface area (Å²) in [6.45, 7) is 16.5. The van der Waals surface area contributed by atoms with E-state index in [1.807, 2.05) is 112 Å². The lowest BCUT2D eigenvalue weighted by molar-refractivity contribution is -0.140. The van der Waals surface area contributed by atoms with Crippen molar-refractivity contribution < 1.29 is 47.0 Å². The molecule has 3 aromatic carbocycles. The Kier molecular flexibility index (Phi) is 10.6. The van der Waals surface area contributed by atoms with Gasteiger partial charge in [-0.1, -0.05) is 69.3 Å². The van der Waals surface area contributed by atoms with Crippen molar-refractivity contribution in [2.75, 3.05) is 27.2 Å². The molecule has 1 saturated carbocycles. The second-order valence-electron chi connectivity index (χ2n) is 19.8. The summed E-state index contributed by atoms with van der Waals surface area (Å²) in [6.07, 6.45) is -1.29. The standard InChI is InChI=1S/C47H56FN3O9Si/c1-45(2,3)58-44(55)57-39-32-18-27(22-51-23-31(48)24-51)16-17-28(32)19-29-20-30-21-33-37(50(7)8)40-36(43(49-59-40)56-25-26-14-12-11-13-15-26)42(54)47(33,60-61(9,10)46(4,5)6)41(53)35(30)38(52)34(29)39/h11-19,30-31,33,37,52H,20-25H2,1-10H3/t30-,33-,37-,47-/m0/s1. The van der Waals surface area contributed by atoms with Gasteiger partial charge in [0.05, 0.1) is 11.6 Å². The average molecular weight is 854 g/mol. The number of aliphatic hydroxyl groups excluding tert-OH is 1. The SMILES string of the molecule is CN(C)[C@@H]1c2onc(OCc3ccccc3)c2C(=O)[C@@]2(O[Si](C)(C)C(C)(C)C)C(=O)C3=C(O)c4c(cc5ccc(CN6CC(F)C6)cc5c4OC(=O)OC(C)(C)C)C[C@H]3C[C@@H]12. The third-order valence-corrected chi connectivity index (χ3v) is 17.5. The molecule has 0 unspecified atom stereocenters. The molecule has 0 radical (unpaired) electrons. The number of aliphatic hydroxyl groups is 1. The number of ketones is 2. The summed E-state index contributed by atoms with van der Waals surface area (Å²) in [5, 5.41) is 17.8. The molecule has 2 fully saturated rings. The highest BCUT2D eigenvalue weighted by atomic mass is 28.4. The maximum atomic E-state index is 15.9. The fourth-order valence-corrected chi connectivity index (χ4v) is 10.7. The Hall–Kier alpha value is -4.89. The van der Waals surface area contributed by atoms with E-state index >= 15 is 9.59 Å². The minimum atomic E-state index is -2.98. The molecule has 0 bridgehead atoms. The fourth-order valence-electron chi connectivity index (χ4n) is 9.20. The number of fused-ring (bicyclic) bond motifs is 5. The van der Waals surface area contributed by atoms with Gasteiger partial charge >= 0.3 is 6.16 Å². The molecule has 2 heterocycles. The van der Waals surface area contributed by atoms with E-state index in [1.54, 1.807) is 20.8 Å². The van der Waals surface area contributed by atoms with Crippen LogP contribution in [0.25, 0.3) is 16.5 Å². The van der Waals surface area contributed by atoms with E-state index in [-0.39, 0.29) is 47.1 Å². The summed E-state index contributed by atoms with van der Waals surface area (Å²) in [5.74, 6) is -2.63. The van der Waals surface area contributed by atoms with Crippen molar-refractivity contribution in [2.24, 2.45) is 11.8 Å². The van der Waals surface area contributed by atoms with Gasteiger partial charge in [-0.3, -0.25) is 19.4 Å². The van der Waals surface area contributed by atoms with Crippen LogP contribution in [0, 0.1) is 11.8 Å². The van der Waals surface area contributed by atoms with Crippen LogP contribution in [0.15, 0.2) is 64.7 Å². The predicted molar refractivity (Wildman–Crippen MR) is 230 cm³/mol. The zero-order chi connectivity index (χ0) is 44.0. The van der Waals surface area contributed by atoms with Crippen LogP contribution in [0.1, 0.15) is 92.4 Å². The molecule has 324 valence electrons. The number of ether oxygens (including phenoxy) is 3. The molecule has 4 atom stereocenters. The third-order valence-electron chi connectivity index (χ3n) is 13.0. The number of hydrogen-bond donors (Lipinski definition) is 1. The van der Waals surface area contributed by atoms with Gasteiger partial charge in [0, 0.05) is 36.5 Å². The molecule has 1 aliphatic heterocycles. The number of aromatic nitrogens is 1. The van der Waals surface area contributed by atoms with Gasteiger partial charge in [0.2, 0.25) is 11.6 Å². The number of benzene rings is 3. The van der Waals surface area contributed by atoms with Crippen molar-refractivity contribution in [3.63, 3.8) is 0 Å². The van der Waals surface area contributed by atoms with Crippen LogP contribution in [0.3, 0.4) is 0 Å². The highest BCUT2D eigenvalue weighted by Crippen LogP contribution is 2.59. The number of Topliss-reactive ketones (excluding diaryl/α,β-unsaturated/α-hetero) is 2. The number of rotatable bonds is 9. The predicted octanol–water partition coefficient (Wildman–Crippen LogP) is 9.16. The van der Waals surface area contributed by atoms with Crippen LogP contribution in [0.2, 0.25) is 18.1 Å². The Bertz CT molecular complexity index is 2440. The summed E-state index contributed by atoms with van der Waals surface area (Å²) in [4.78, 5) is 49.0. The lowest BCUT2D eigenvalue weighted by Gasteiger charge is -2.55. The molecule has 4 aromatic rings. The Morgan fingerprint density at radius 2 is 1.70 bits per heavy atom. The van der Waals surface area contributed by atoms with Crippen LogP contribution in [0.5, 0.6) is 11.6 Å². The average Bonchev–Trinajstić information content (AvgIpc) is 3.57. The van der Waals surface area contributed by atoms with Crippen molar-refractivity contribution in [2.45, 2.75) is 109 Å². The minimum Gasteiger partial charge on any atom is -0.507 e. The van der Waals surface area contributed by atoms with E-state index in [0.29, 0.717) is 42.8 Å². The zero-order valence-corrected chi connectivity index (χ0v) is 37.7. The highest BCUT2D eigenvalue weighted by Gasteiger charge is 2.69. The summed E-state index contributed by atoms with van der Waals surface area (Å²) in [7, 11) is 0.761. The number of halogens is 1. The van der Waals surface area contributed by atoms with E-state index in [2.05, 4.69) is 5.16 Å². The first-order valence-electron chi connectivity index (χ1n) is 21.0. The topological polar surface area (TPSA) is 141 Å². The van der Waals surface area contributed by atoms with E-state index in [9.17, 15) is 14.3 Å². The van der Waals surface area contributed by atoms with Crippen LogP contribution in [0.4, 0.5) is 9.18 Å². The first kappa shape index (κ1) is 42.8. The summed E-state index contributed by atoms with van der Waals surface area (Å²) >= 11 is 0. The van der Waals surface area contributed by atoms with Gasteiger partial charge in [-0.15, -0.1) is 0 Å². The molecule has 4 aliphatic rings. The van der Waals surface area contributed by atoms with E-state index in [4.69, 9.17) is 23.2 Å². The first-order valence-corrected chi connectivity index (χ1v) is 23.9. The number of hydrogen-bond acceptors (Lipinski definition) is 12. The molecule has 14 heteroatoms. The Morgan fingerprint density at radius 1 is 1.00 bits per heavy atom. The van der Waals surface area contributed by atoms with Gasteiger partial charge in [0.25, 0.3) is 5.88 Å². The van der Waals surface area contributed by atoms with Crippen LogP contribution >= 0.6 is 0 Å². The maximum Gasteiger partial charge on any atom is 0.514 e. The number of likely N-dealkylation sites (tertiary alicyclic amines) is 1. The van der Waals surface area contributed by atoms with Crippen molar-refractivity contribution in [3.8, 4) is 11.6 Å². The molecule has 1 N–H and O–H groups in total. The fraction of sp³-hybridized carbons (Fsp3) is 0.489. The van der Waals surface area contributed by atoms with E-state index < -0.39 is 66.3 Å². The van der Waals surface area contributed by atoms with Crippen molar-refractivity contribution in [1.29, 1.82) is 0 Å². The first-order chi connectivity index (χ1) is 28.6. The van der Waals surface area contributed by atoms with Gasteiger partial charge in [-0.25, -0.2) is 9.18 Å². The van der Waals surface area contributed by atoms with Gasteiger partial charge in [-0.2, -0.15) is 0 Å². The van der Waals surface area contributed by atoms with Crippen LogP contribution in [-0.4, -0.2) is 90.7 Å². The summed E-state index contributed by atoms with van der Waals surface area (Å²) in [6, 6.07) is 16.5. The number of alkyl halides is 1. The van der Waals surface area contributed by atoms with Gasteiger partial charge < -0.3 is 28.3 Å². The minimum absolute atomic E-state index is 0.0346. The van der Waals surface area contributed by atoms with Gasteiger partial charge in [0.15, 0.2) is 25.4 Å². The second-order valence-corrected chi connectivity index (χ2v) is 24.5. The summed E-state index contributed by atoms with van der Waals surface area (Å²) < 4.78 is 45.0.